The average molecular weight is 323 g/mol. The molecule has 4 nitrogen and oxygen atoms in total. The van der Waals surface area contributed by atoms with Crippen molar-refractivity contribution in [3.63, 3.8) is 0 Å². The second kappa shape index (κ2) is 5.43. The molecule has 2 aromatic rings. The Morgan fingerprint density at radius 3 is 2.63 bits per heavy atom. The molecule has 0 fully saturated rings. The number of aryl methyl sites for hydroxylation is 1. The zero-order chi connectivity index (χ0) is 14.0. The van der Waals surface area contributed by atoms with Crippen molar-refractivity contribution in [1.82, 2.24) is 20.1 Å². The van der Waals surface area contributed by atoms with Gasteiger partial charge in [0.2, 0.25) is 0 Å². The summed E-state index contributed by atoms with van der Waals surface area (Å²) in [6, 6.07) is 4.16. The lowest BCUT2D eigenvalue weighted by atomic mass is 10.1. The number of hydrogen-bond acceptors (Lipinski definition) is 3. The maximum atomic E-state index is 4.51. The van der Waals surface area contributed by atoms with E-state index in [4.69, 9.17) is 0 Å². The number of halogens is 1. The summed E-state index contributed by atoms with van der Waals surface area (Å²) in [6.45, 7) is 9.30. The Balaban J connectivity index is 2.25. The van der Waals surface area contributed by atoms with Gasteiger partial charge < -0.3 is 5.32 Å². The van der Waals surface area contributed by atoms with Crippen molar-refractivity contribution >= 4 is 15.9 Å². The van der Waals surface area contributed by atoms with Crippen LogP contribution < -0.4 is 5.32 Å². The largest absolute Gasteiger partial charge is 0.308 e. The summed E-state index contributed by atoms with van der Waals surface area (Å²) in [5, 5.41) is 7.75. The monoisotopic (exact) mass is 322 g/mol. The van der Waals surface area contributed by atoms with E-state index in [2.05, 4.69) is 64.2 Å². The van der Waals surface area contributed by atoms with Gasteiger partial charge in [-0.3, -0.25) is 0 Å². The van der Waals surface area contributed by atoms with E-state index in [9.17, 15) is 0 Å². The molecule has 0 aliphatic carbocycles. The van der Waals surface area contributed by atoms with Crippen LogP contribution in [0.2, 0.25) is 0 Å². The Morgan fingerprint density at radius 1 is 1.32 bits per heavy atom. The molecule has 0 radical (unpaired) electrons. The van der Waals surface area contributed by atoms with Gasteiger partial charge in [-0.2, -0.15) is 5.10 Å². The van der Waals surface area contributed by atoms with Gasteiger partial charge in [0.25, 0.3) is 0 Å². The van der Waals surface area contributed by atoms with E-state index in [1.807, 2.05) is 13.1 Å². The molecule has 0 aromatic carbocycles. The first-order chi connectivity index (χ1) is 8.83. The summed E-state index contributed by atoms with van der Waals surface area (Å²) in [6.07, 6.45) is 3.67. The van der Waals surface area contributed by atoms with E-state index < -0.39 is 0 Å². The highest BCUT2D eigenvalue weighted by atomic mass is 79.9. The first-order valence-electron chi connectivity index (χ1n) is 6.27. The van der Waals surface area contributed by atoms with Crippen LogP contribution in [0.3, 0.4) is 0 Å². The lowest BCUT2D eigenvalue weighted by Crippen LogP contribution is -2.35. The molecule has 0 bridgehead atoms. The van der Waals surface area contributed by atoms with Gasteiger partial charge in [0, 0.05) is 24.0 Å². The van der Waals surface area contributed by atoms with Crippen molar-refractivity contribution in [2.75, 3.05) is 0 Å². The number of nitrogens with zero attached hydrogens (tertiary/aromatic N) is 3. The van der Waals surface area contributed by atoms with Crippen LogP contribution in [0.25, 0.3) is 5.82 Å². The minimum Gasteiger partial charge on any atom is -0.308 e. The van der Waals surface area contributed by atoms with Crippen LogP contribution in [0, 0.1) is 6.92 Å². The number of aromatic nitrogens is 3. The highest BCUT2D eigenvalue weighted by Crippen LogP contribution is 2.14. The number of rotatable bonds is 3. The molecular weight excluding hydrogens is 304 g/mol. The van der Waals surface area contributed by atoms with Crippen molar-refractivity contribution < 1.29 is 0 Å². The number of pyridine rings is 1. The Hall–Kier alpha value is -1.20. The molecule has 0 aliphatic rings. The summed E-state index contributed by atoms with van der Waals surface area (Å²) in [7, 11) is 0. The van der Waals surface area contributed by atoms with Crippen molar-refractivity contribution in [3.05, 3.63) is 40.3 Å². The van der Waals surface area contributed by atoms with Gasteiger partial charge in [-0.15, -0.1) is 0 Å². The fourth-order valence-corrected chi connectivity index (χ4v) is 2.02. The topological polar surface area (TPSA) is 42.7 Å². The summed E-state index contributed by atoms with van der Waals surface area (Å²) >= 11 is 3.40. The van der Waals surface area contributed by atoms with Crippen molar-refractivity contribution in [2.45, 2.75) is 39.8 Å². The van der Waals surface area contributed by atoms with Crippen LogP contribution in [-0.4, -0.2) is 20.3 Å². The van der Waals surface area contributed by atoms with Gasteiger partial charge in [-0.05, 0) is 61.3 Å². The number of hydrogen-bond donors (Lipinski definition) is 1. The van der Waals surface area contributed by atoms with Crippen LogP contribution in [0.4, 0.5) is 0 Å². The Labute approximate surface area is 122 Å². The second-order valence-corrected chi connectivity index (χ2v) is 6.60. The van der Waals surface area contributed by atoms with Crippen LogP contribution in [0.1, 0.15) is 32.0 Å². The lowest BCUT2D eigenvalue weighted by molar-refractivity contribution is 0.424. The van der Waals surface area contributed by atoms with Crippen molar-refractivity contribution in [2.24, 2.45) is 0 Å². The summed E-state index contributed by atoms with van der Waals surface area (Å²) < 4.78 is 2.72. The van der Waals surface area contributed by atoms with Gasteiger partial charge in [-0.1, -0.05) is 0 Å². The zero-order valence-corrected chi connectivity index (χ0v) is 13.3. The minimum absolute atomic E-state index is 0.103. The predicted molar refractivity (Wildman–Crippen MR) is 80.4 cm³/mol. The normalized spacial score (nSPS) is 11.8. The van der Waals surface area contributed by atoms with Crippen LogP contribution in [0.5, 0.6) is 0 Å². The van der Waals surface area contributed by atoms with Crippen LogP contribution in [-0.2, 0) is 6.54 Å². The van der Waals surface area contributed by atoms with Gasteiger partial charge >= 0.3 is 0 Å². The molecule has 2 rings (SSSR count). The van der Waals surface area contributed by atoms with Gasteiger partial charge in [0.15, 0.2) is 5.82 Å². The van der Waals surface area contributed by atoms with Gasteiger partial charge in [0.1, 0.15) is 0 Å². The SMILES string of the molecule is Cc1cc(CNC(C)(C)C)cc(-n2cc(Br)cn2)n1. The maximum absolute atomic E-state index is 4.51. The van der Waals surface area contributed by atoms with Crippen LogP contribution >= 0.6 is 15.9 Å². The molecule has 1 N–H and O–H groups in total. The minimum atomic E-state index is 0.103. The molecule has 0 unspecified atom stereocenters. The van der Waals surface area contributed by atoms with Crippen molar-refractivity contribution in [1.29, 1.82) is 0 Å². The molecule has 5 heteroatoms. The fraction of sp³-hybridized carbons (Fsp3) is 0.429. The molecule has 0 aliphatic heterocycles. The summed E-state index contributed by atoms with van der Waals surface area (Å²) in [5.74, 6) is 0.844. The smallest absolute Gasteiger partial charge is 0.153 e. The van der Waals surface area contributed by atoms with E-state index in [1.54, 1.807) is 10.9 Å². The Bertz CT molecular complexity index is 569. The second-order valence-electron chi connectivity index (χ2n) is 5.68. The molecule has 19 heavy (non-hydrogen) atoms. The third-order valence-electron chi connectivity index (χ3n) is 2.61. The Morgan fingerprint density at radius 2 is 2.05 bits per heavy atom. The molecule has 102 valence electrons. The average Bonchev–Trinajstić information content (AvgIpc) is 2.72. The van der Waals surface area contributed by atoms with Gasteiger partial charge in [-0.25, -0.2) is 9.67 Å². The van der Waals surface area contributed by atoms with E-state index in [0.29, 0.717) is 0 Å². The molecule has 0 saturated heterocycles. The quantitative estimate of drug-likeness (QED) is 0.943. The van der Waals surface area contributed by atoms with Crippen molar-refractivity contribution in [3.8, 4) is 5.82 Å². The Kier molecular flexibility index (Phi) is 4.06. The summed E-state index contributed by atoms with van der Waals surface area (Å²) in [4.78, 5) is 4.51. The molecule has 2 aromatic heterocycles. The molecule has 0 saturated carbocycles. The van der Waals surface area contributed by atoms with E-state index in [-0.39, 0.29) is 5.54 Å². The lowest BCUT2D eigenvalue weighted by Gasteiger charge is -2.20. The zero-order valence-electron chi connectivity index (χ0n) is 11.7. The highest BCUT2D eigenvalue weighted by molar-refractivity contribution is 9.10. The third-order valence-corrected chi connectivity index (χ3v) is 3.02. The third kappa shape index (κ3) is 4.14. The summed E-state index contributed by atoms with van der Waals surface area (Å²) in [5.41, 5.74) is 2.31. The van der Waals surface area contributed by atoms with E-state index in [0.717, 1.165) is 22.5 Å². The van der Waals surface area contributed by atoms with E-state index >= 15 is 0 Å². The van der Waals surface area contributed by atoms with Gasteiger partial charge in [0.05, 0.1) is 10.7 Å². The van der Waals surface area contributed by atoms with Crippen LogP contribution in [0.15, 0.2) is 29.0 Å². The first kappa shape index (κ1) is 14.2. The molecule has 0 atom stereocenters. The molecule has 0 spiro atoms. The van der Waals surface area contributed by atoms with E-state index in [1.165, 1.54) is 5.56 Å². The first-order valence-corrected chi connectivity index (χ1v) is 7.06. The predicted octanol–water partition coefficient (Wildman–Crippen LogP) is 3.23. The molecule has 2 heterocycles. The standard InChI is InChI=1S/C14H19BrN4/c1-10-5-11(7-16-14(2,3)4)6-13(18-10)19-9-12(15)8-17-19/h5-6,8-9,16H,7H2,1-4H3. The molecular formula is C14H19BrN4. The fourth-order valence-electron chi connectivity index (χ4n) is 1.73. The molecule has 0 amide bonds. The number of nitrogens with one attached hydrogen (secondary N) is 1. The highest BCUT2D eigenvalue weighted by Gasteiger charge is 2.10. The maximum Gasteiger partial charge on any atom is 0.153 e.